The van der Waals surface area contributed by atoms with Crippen molar-refractivity contribution in [2.45, 2.75) is 26.1 Å². The number of rotatable bonds is 3. The summed E-state index contributed by atoms with van der Waals surface area (Å²) in [6.07, 6.45) is -2.54. The lowest BCUT2D eigenvalue weighted by molar-refractivity contribution is -0.274. The van der Waals surface area contributed by atoms with Crippen molar-refractivity contribution in [3.63, 3.8) is 0 Å². The lowest BCUT2D eigenvalue weighted by atomic mass is 10.1. The van der Waals surface area contributed by atoms with E-state index in [1.165, 1.54) is 29.8 Å². The monoisotopic (exact) mass is 304 g/mol. The topological polar surface area (TPSA) is 9.23 Å². The van der Waals surface area contributed by atoms with Gasteiger partial charge in [-0.1, -0.05) is 37.3 Å². The Morgan fingerprint density at radius 2 is 1.36 bits per heavy atom. The highest BCUT2D eigenvalue weighted by molar-refractivity contribution is 5.44. The van der Waals surface area contributed by atoms with Gasteiger partial charge in [0.1, 0.15) is 5.75 Å². The molecule has 4 heteroatoms. The van der Waals surface area contributed by atoms with Gasteiger partial charge in [-0.2, -0.15) is 0 Å². The van der Waals surface area contributed by atoms with E-state index < -0.39 is 6.36 Å². The van der Waals surface area contributed by atoms with Gasteiger partial charge in [0.15, 0.2) is 0 Å². The molecule has 114 valence electrons. The van der Waals surface area contributed by atoms with Crippen LogP contribution in [0.25, 0.3) is 0 Å². The quantitative estimate of drug-likeness (QED) is 0.730. The summed E-state index contributed by atoms with van der Waals surface area (Å²) >= 11 is 0. The third-order valence-electron chi connectivity index (χ3n) is 2.93. The fraction of sp³-hybridized carbons (Fsp3) is 0.222. The van der Waals surface area contributed by atoms with E-state index in [-0.39, 0.29) is 5.75 Å². The van der Waals surface area contributed by atoms with Crippen LogP contribution in [-0.2, 0) is 6.42 Å². The van der Waals surface area contributed by atoms with Crippen LogP contribution in [-0.4, -0.2) is 6.36 Å². The third-order valence-corrected chi connectivity index (χ3v) is 2.93. The molecule has 0 N–H and O–H groups in total. The van der Waals surface area contributed by atoms with Crippen LogP contribution >= 0.6 is 0 Å². The molecule has 0 amide bonds. The molecule has 0 bridgehead atoms. The van der Waals surface area contributed by atoms with Gasteiger partial charge in [-0.05, 0) is 48.4 Å². The summed E-state index contributed by atoms with van der Waals surface area (Å²) in [7, 11) is 0. The molecule has 0 aliphatic heterocycles. The van der Waals surface area contributed by atoms with Crippen molar-refractivity contribution in [2.75, 3.05) is 0 Å². The van der Waals surface area contributed by atoms with Crippen molar-refractivity contribution in [3.05, 3.63) is 65.2 Å². The summed E-state index contributed by atoms with van der Waals surface area (Å²) in [6.45, 7) is 2.12. The zero-order valence-electron chi connectivity index (χ0n) is 12.1. The second-order valence-electron chi connectivity index (χ2n) is 4.77. The molecule has 0 atom stereocenters. The van der Waals surface area contributed by atoms with Crippen molar-refractivity contribution < 1.29 is 17.9 Å². The Bertz CT molecular complexity index is 659. The van der Waals surface area contributed by atoms with Crippen molar-refractivity contribution in [2.24, 2.45) is 0 Å². The molecule has 0 saturated heterocycles. The molecule has 2 aromatic carbocycles. The number of hydrogen-bond acceptors (Lipinski definition) is 1. The van der Waals surface area contributed by atoms with Crippen LogP contribution in [0.15, 0.2) is 48.5 Å². The van der Waals surface area contributed by atoms with Crippen LogP contribution in [0.4, 0.5) is 13.2 Å². The number of benzene rings is 2. The Kier molecular flexibility index (Phi) is 5.11. The lowest BCUT2D eigenvalue weighted by Gasteiger charge is -2.07. The van der Waals surface area contributed by atoms with E-state index in [1.807, 2.05) is 24.3 Å². The SMILES string of the molecule is CCCc1ccc(C#Cc2ccc(OC(F)(F)F)cc2)cc1. The summed E-state index contributed by atoms with van der Waals surface area (Å²) in [5.74, 6) is 5.65. The molecule has 22 heavy (non-hydrogen) atoms. The fourth-order valence-corrected chi connectivity index (χ4v) is 1.93. The fourth-order valence-electron chi connectivity index (χ4n) is 1.93. The molecule has 2 rings (SSSR count). The summed E-state index contributed by atoms with van der Waals surface area (Å²) < 4.78 is 40.0. The Morgan fingerprint density at radius 3 is 1.82 bits per heavy atom. The summed E-state index contributed by atoms with van der Waals surface area (Å²) in [5.41, 5.74) is 2.77. The zero-order valence-corrected chi connectivity index (χ0v) is 12.1. The molecular weight excluding hydrogens is 289 g/mol. The smallest absolute Gasteiger partial charge is 0.406 e. The number of hydrogen-bond donors (Lipinski definition) is 0. The Balaban J connectivity index is 2.05. The van der Waals surface area contributed by atoms with Crippen molar-refractivity contribution >= 4 is 0 Å². The van der Waals surface area contributed by atoms with Gasteiger partial charge >= 0.3 is 6.36 Å². The minimum absolute atomic E-state index is 0.248. The average molecular weight is 304 g/mol. The molecule has 0 aromatic heterocycles. The predicted octanol–water partition coefficient (Wildman–Crippen LogP) is 4.94. The van der Waals surface area contributed by atoms with Gasteiger partial charge in [0.2, 0.25) is 0 Å². The van der Waals surface area contributed by atoms with Gasteiger partial charge in [0.05, 0.1) is 0 Å². The van der Waals surface area contributed by atoms with Crippen LogP contribution in [0.3, 0.4) is 0 Å². The van der Waals surface area contributed by atoms with Crippen LogP contribution in [0.2, 0.25) is 0 Å². The van der Waals surface area contributed by atoms with E-state index >= 15 is 0 Å². The van der Waals surface area contributed by atoms with Crippen LogP contribution in [0, 0.1) is 11.8 Å². The van der Waals surface area contributed by atoms with Gasteiger partial charge in [0.25, 0.3) is 0 Å². The van der Waals surface area contributed by atoms with Gasteiger partial charge in [0, 0.05) is 11.1 Å². The maximum Gasteiger partial charge on any atom is 0.573 e. The lowest BCUT2D eigenvalue weighted by Crippen LogP contribution is -2.16. The van der Waals surface area contributed by atoms with Crippen LogP contribution in [0.1, 0.15) is 30.0 Å². The highest BCUT2D eigenvalue weighted by atomic mass is 19.4. The normalized spacial score (nSPS) is 10.7. The first kappa shape index (κ1) is 16.0. The number of alkyl halides is 3. The Labute approximate surface area is 127 Å². The molecule has 0 saturated carbocycles. The first-order valence-corrected chi connectivity index (χ1v) is 6.93. The third kappa shape index (κ3) is 5.17. The van der Waals surface area contributed by atoms with E-state index in [4.69, 9.17) is 0 Å². The summed E-state index contributed by atoms with van der Waals surface area (Å²) in [5, 5.41) is 0. The molecule has 0 aliphatic rings. The summed E-state index contributed by atoms with van der Waals surface area (Å²) in [4.78, 5) is 0. The molecule has 0 spiro atoms. The van der Waals surface area contributed by atoms with E-state index in [0.717, 1.165) is 18.4 Å². The average Bonchev–Trinajstić information content (AvgIpc) is 2.47. The molecule has 2 aromatic rings. The van der Waals surface area contributed by atoms with Crippen LogP contribution in [0.5, 0.6) is 5.75 Å². The number of aryl methyl sites for hydroxylation is 1. The van der Waals surface area contributed by atoms with Crippen molar-refractivity contribution in [1.29, 1.82) is 0 Å². The first-order chi connectivity index (χ1) is 10.5. The maximum absolute atomic E-state index is 12.0. The highest BCUT2D eigenvalue weighted by Crippen LogP contribution is 2.22. The maximum atomic E-state index is 12.0. The van der Waals surface area contributed by atoms with Gasteiger partial charge < -0.3 is 4.74 Å². The molecule has 1 nitrogen and oxygen atoms in total. The van der Waals surface area contributed by atoms with Crippen LogP contribution < -0.4 is 4.74 Å². The Morgan fingerprint density at radius 1 is 0.864 bits per heavy atom. The Hall–Kier alpha value is -2.41. The van der Waals surface area contributed by atoms with E-state index in [2.05, 4.69) is 23.5 Å². The van der Waals surface area contributed by atoms with E-state index in [9.17, 15) is 13.2 Å². The second-order valence-corrected chi connectivity index (χ2v) is 4.77. The molecule has 0 unspecified atom stereocenters. The van der Waals surface area contributed by atoms with E-state index in [0.29, 0.717) is 5.56 Å². The molecule has 0 aliphatic carbocycles. The molecule has 0 fully saturated rings. The second kappa shape index (κ2) is 7.04. The molecule has 0 heterocycles. The van der Waals surface area contributed by atoms with Gasteiger partial charge in [-0.15, -0.1) is 13.2 Å². The molecular formula is C18H15F3O. The summed E-state index contributed by atoms with van der Waals surface area (Å²) in [6, 6.07) is 13.5. The van der Waals surface area contributed by atoms with Gasteiger partial charge in [-0.3, -0.25) is 0 Å². The minimum atomic E-state index is -4.67. The standard InChI is InChI=1S/C18H15F3O/c1-2-3-14-4-6-15(7-5-14)8-9-16-10-12-17(13-11-16)22-18(19,20)21/h4-7,10-13H,2-3H2,1H3. The largest absolute Gasteiger partial charge is 0.573 e. The zero-order chi connectivity index (χ0) is 16.0. The van der Waals surface area contributed by atoms with Crippen molar-refractivity contribution in [1.82, 2.24) is 0 Å². The first-order valence-electron chi connectivity index (χ1n) is 6.93. The number of ether oxygens (including phenoxy) is 1. The van der Waals surface area contributed by atoms with Gasteiger partial charge in [-0.25, -0.2) is 0 Å². The molecule has 0 radical (unpaired) electrons. The van der Waals surface area contributed by atoms with E-state index in [1.54, 1.807) is 0 Å². The predicted molar refractivity (Wildman–Crippen MR) is 79.5 cm³/mol. The van der Waals surface area contributed by atoms with Crippen molar-refractivity contribution in [3.8, 4) is 17.6 Å². The highest BCUT2D eigenvalue weighted by Gasteiger charge is 2.30. The minimum Gasteiger partial charge on any atom is -0.406 e. The number of halogens is 3.